The summed E-state index contributed by atoms with van der Waals surface area (Å²) < 4.78 is 15.6. The van der Waals surface area contributed by atoms with Crippen molar-refractivity contribution in [3.63, 3.8) is 0 Å². The Morgan fingerprint density at radius 1 is 1.03 bits per heavy atom. The molecule has 0 bridgehead atoms. The molecule has 1 unspecified atom stereocenters. The fraction of sp³-hybridized carbons (Fsp3) is 0.261. The molecule has 0 radical (unpaired) electrons. The number of hydrogen-bond acceptors (Lipinski definition) is 6. The number of fused-ring (bicyclic) bond motifs is 1. The van der Waals surface area contributed by atoms with Gasteiger partial charge >= 0.3 is 5.97 Å². The number of aryl methyl sites for hydroxylation is 1. The molecule has 3 aromatic rings. The van der Waals surface area contributed by atoms with Crippen LogP contribution in [0.15, 0.2) is 42.5 Å². The Kier molecular flexibility index (Phi) is 6.59. The van der Waals surface area contributed by atoms with Crippen LogP contribution in [0, 0.1) is 6.92 Å². The molecular weight excluding hydrogens is 400 g/mol. The van der Waals surface area contributed by atoms with Crippen LogP contribution < -0.4 is 14.8 Å². The van der Waals surface area contributed by atoms with Crippen molar-refractivity contribution in [2.45, 2.75) is 20.0 Å². The van der Waals surface area contributed by atoms with Crippen LogP contribution in [0.2, 0.25) is 0 Å². The van der Waals surface area contributed by atoms with E-state index < -0.39 is 18.0 Å². The molecule has 2 N–H and O–H groups in total. The van der Waals surface area contributed by atoms with Gasteiger partial charge in [-0.1, -0.05) is 18.2 Å². The molecule has 8 heteroatoms. The summed E-state index contributed by atoms with van der Waals surface area (Å²) in [4.78, 5) is 40.5. The monoisotopic (exact) mass is 424 g/mol. The van der Waals surface area contributed by atoms with E-state index in [9.17, 15) is 14.4 Å². The van der Waals surface area contributed by atoms with E-state index in [0.717, 1.165) is 10.9 Å². The second-order valence-electron chi connectivity index (χ2n) is 6.92. The number of Topliss-reactive ketones (excluding diaryl/α,β-unsaturated/α-hetero) is 1. The largest absolute Gasteiger partial charge is 0.493 e. The highest BCUT2D eigenvalue weighted by Gasteiger charge is 2.24. The van der Waals surface area contributed by atoms with Crippen LogP contribution in [0.4, 0.5) is 0 Å². The summed E-state index contributed by atoms with van der Waals surface area (Å²) in [5.41, 5.74) is 2.33. The Hall–Kier alpha value is -3.81. The van der Waals surface area contributed by atoms with Crippen LogP contribution in [0.25, 0.3) is 10.9 Å². The first kappa shape index (κ1) is 21.9. The second kappa shape index (κ2) is 9.34. The molecule has 0 aliphatic carbocycles. The van der Waals surface area contributed by atoms with Gasteiger partial charge in [-0.2, -0.15) is 0 Å². The smallest absolute Gasteiger partial charge is 0.326 e. The molecule has 0 spiro atoms. The van der Waals surface area contributed by atoms with Gasteiger partial charge in [0.1, 0.15) is 6.54 Å². The number of aromatic nitrogens is 1. The van der Waals surface area contributed by atoms with Crippen LogP contribution in [0.3, 0.4) is 0 Å². The maximum atomic E-state index is 12.9. The number of para-hydroxylation sites is 1. The molecule has 0 saturated heterocycles. The first-order valence-corrected chi connectivity index (χ1v) is 9.67. The minimum atomic E-state index is -0.997. The average molecular weight is 424 g/mol. The predicted octanol–water partition coefficient (Wildman–Crippen LogP) is 3.04. The first-order valence-electron chi connectivity index (χ1n) is 9.67. The predicted molar refractivity (Wildman–Crippen MR) is 115 cm³/mol. The Morgan fingerprint density at radius 2 is 1.74 bits per heavy atom. The molecule has 0 saturated carbocycles. The van der Waals surface area contributed by atoms with E-state index in [1.54, 1.807) is 19.1 Å². The van der Waals surface area contributed by atoms with E-state index in [1.165, 1.54) is 27.2 Å². The van der Waals surface area contributed by atoms with Gasteiger partial charge in [0.15, 0.2) is 17.6 Å². The van der Waals surface area contributed by atoms with Crippen LogP contribution in [-0.4, -0.2) is 49.5 Å². The molecule has 0 fully saturated rings. The number of carbonyl (C=O) groups excluding carboxylic acids is 3. The Morgan fingerprint density at radius 3 is 2.45 bits per heavy atom. The fourth-order valence-electron chi connectivity index (χ4n) is 3.32. The summed E-state index contributed by atoms with van der Waals surface area (Å²) in [5.74, 6) is -0.629. The zero-order valence-electron chi connectivity index (χ0n) is 17.8. The van der Waals surface area contributed by atoms with Gasteiger partial charge in [-0.25, -0.2) is 0 Å². The Bertz CT molecular complexity index is 1130. The van der Waals surface area contributed by atoms with Gasteiger partial charge in [-0.15, -0.1) is 0 Å². The number of esters is 1. The molecule has 1 aromatic heterocycles. The third-order valence-electron chi connectivity index (χ3n) is 4.86. The summed E-state index contributed by atoms with van der Waals surface area (Å²) >= 11 is 0. The molecular formula is C23H24N2O6. The van der Waals surface area contributed by atoms with Crippen LogP contribution in [0.5, 0.6) is 11.5 Å². The minimum absolute atomic E-state index is 0.295. The van der Waals surface area contributed by atoms with E-state index in [0.29, 0.717) is 28.3 Å². The summed E-state index contributed by atoms with van der Waals surface area (Å²) in [5, 5.41) is 3.25. The van der Waals surface area contributed by atoms with Crippen LogP contribution in [-0.2, 0) is 9.53 Å². The molecule has 3 rings (SSSR count). The van der Waals surface area contributed by atoms with Gasteiger partial charge in [0, 0.05) is 27.7 Å². The molecule has 1 amide bonds. The third-order valence-corrected chi connectivity index (χ3v) is 4.86. The standard InChI is InChI=1S/C23H24N2O6/c1-13-21(16-7-5-6-8-17(16)25-13)22(27)14(2)31-20(26)12-24-23(28)15-9-10-18(29-3)19(11-15)30-4/h5-11,14,25H,12H2,1-4H3,(H,24,28). The van der Waals surface area contributed by atoms with Crippen LogP contribution in [0.1, 0.15) is 33.3 Å². The zero-order chi connectivity index (χ0) is 22.5. The van der Waals surface area contributed by atoms with E-state index in [1.807, 2.05) is 24.3 Å². The van der Waals surface area contributed by atoms with Crippen LogP contribution >= 0.6 is 0 Å². The van der Waals surface area contributed by atoms with Crippen molar-refractivity contribution < 1.29 is 28.6 Å². The number of amides is 1. The van der Waals surface area contributed by atoms with Gasteiger partial charge in [0.05, 0.1) is 14.2 Å². The number of H-pyrrole nitrogens is 1. The van der Waals surface area contributed by atoms with Gasteiger partial charge in [0.2, 0.25) is 5.78 Å². The lowest BCUT2D eigenvalue weighted by molar-refractivity contribution is -0.145. The minimum Gasteiger partial charge on any atom is -0.493 e. The molecule has 1 atom stereocenters. The lowest BCUT2D eigenvalue weighted by Crippen LogP contribution is -2.34. The Labute approximate surface area is 179 Å². The zero-order valence-corrected chi connectivity index (χ0v) is 17.8. The average Bonchev–Trinajstić information content (AvgIpc) is 3.11. The number of aromatic amines is 1. The molecule has 2 aromatic carbocycles. The van der Waals surface area contributed by atoms with E-state index in [4.69, 9.17) is 14.2 Å². The molecule has 1 heterocycles. The van der Waals surface area contributed by atoms with Gasteiger partial charge in [-0.05, 0) is 38.1 Å². The number of rotatable bonds is 8. The number of nitrogens with one attached hydrogen (secondary N) is 2. The van der Waals surface area contributed by atoms with Crippen molar-refractivity contribution in [2.75, 3.05) is 20.8 Å². The van der Waals surface area contributed by atoms with Crippen molar-refractivity contribution in [1.82, 2.24) is 10.3 Å². The molecule has 0 aliphatic heterocycles. The second-order valence-corrected chi connectivity index (χ2v) is 6.92. The summed E-state index contributed by atoms with van der Waals surface area (Å²) in [6.07, 6.45) is -0.997. The first-order chi connectivity index (χ1) is 14.8. The van der Waals surface area contributed by atoms with Crippen molar-refractivity contribution in [1.29, 1.82) is 0 Å². The SMILES string of the molecule is COc1ccc(C(=O)NCC(=O)OC(C)C(=O)c2c(C)[nH]c3ccccc23)cc1OC. The maximum absolute atomic E-state index is 12.9. The molecule has 31 heavy (non-hydrogen) atoms. The lowest BCUT2D eigenvalue weighted by atomic mass is 10.0. The molecule has 0 aliphatic rings. The highest BCUT2D eigenvalue weighted by Crippen LogP contribution is 2.27. The summed E-state index contributed by atoms with van der Waals surface area (Å²) in [6, 6.07) is 12.1. The Balaban J connectivity index is 1.61. The fourth-order valence-corrected chi connectivity index (χ4v) is 3.32. The van der Waals surface area contributed by atoms with Gasteiger partial charge < -0.3 is 24.5 Å². The maximum Gasteiger partial charge on any atom is 0.326 e. The van der Waals surface area contributed by atoms with Crippen molar-refractivity contribution in [3.05, 3.63) is 59.3 Å². The van der Waals surface area contributed by atoms with Gasteiger partial charge in [0.25, 0.3) is 5.91 Å². The normalized spacial score (nSPS) is 11.6. The lowest BCUT2D eigenvalue weighted by Gasteiger charge is -2.13. The van der Waals surface area contributed by atoms with E-state index >= 15 is 0 Å². The molecule has 162 valence electrons. The highest BCUT2D eigenvalue weighted by molar-refractivity contribution is 6.11. The van der Waals surface area contributed by atoms with Crippen molar-refractivity contribution in [3.8, 4) is 11.5 Å². The highest BCUT2D eigenvalue weighted by atomic mass is 16.5. The van der Waals surface area contributed by atoms with Gasteiger partial charge in [-0.3, -0.25) is 14.4 Å². The summed E-state index contributed by atoms with van der Waals surface area (Å²) in [6.45, 7) is 2.93. The molecule has 8 nitrogen and oxygen atoms in total. The number of methoxy groups -OCH3 is 2. The van der Waals surface area contributed by atoms with Crippen molar-refractivity contribution >= 4 is 28.6 Å². The topological polar surface area (TPSA) is 107 Å². The van der Waals surface area contributed by atoms with E-state index in [2.05, 4.69) is 10.3 Å². The summed E-state index contributed by atoms with van der Waals surface area (Å²) in [7, 11) is 2.96. The number of hydrogen-bond donors (Lipinski definition) is 2. The quantitative estimate of drug-likeness (QED) is 0.425. The third kappa shape index (κ3) is 4.69. The number of carbonyl (C=O) groups is 3. The van der Waals surface area contributed by atoms with Crippen molar-refractivity contribution in [2.24, 2.45) is 0 Å². The number of ether oxygens (including phenoxy) is 3. The number of ketones is 1. The number of benzene rings is 2. The van der Waals surface area contributed by atoms with E-state index in [-0.39, 0.29) is 12.3 Å².